The maximum atomic E-state index is 12.8. The topological polar surface area (TPSA) is 164 Å². The molecule has 5 rings (SSSR count). The first kappa shape index (κ1) is 26.4. The fraction of sp³-hybridized carbons (Fsp3) is 0.500. The van der Waals surface area contributed by atoms with Crippen LogP contribution in [-0.4, -0.2) is 64.5 Å². The Bertz CT molecular complexity index is 1530. The van der Waals surface area contributed by atoms with Crippen molar-refractivity contribution in [3.8, 4) is 0 Å². The van der Waals surface area contributed by atoms with Crippen LogP contribution in [0.5, 0.6) is 0 Å². The van der Waals surface area contributed by atoms with Crippen molar-refractivity contribution < 1.29 is 31.6 Å². The van der Waals surface area contributed by atoms with E-state index in [-0.39, 0.29) is 40.4 Å². The van der Waals surface area contributed by atoms with Crippen LogP contribution in [0.2, 0.25) is 0 Å². The molecule has 0 saturated carbocycles. The lowest BCUT2D eigenvalue weighted by atomic mass is 10.1. The van der Waals surface area contributed by atoms with Crippen LogP contribution in [0.4, 0.5) is 5.95 Å². The van der Waals surface area contributed by atoms with E-state index in [0.29, 0.717) is 0 Å². The molecule has 0 aliphatic carbocycles. The van der Waals surface area contributed by atoms with Crippen molar-refractivity contribution in [2.24, 2.45) is 5.92 Å². The third-order valence-corrected chi connectivity index (χ3v) is 7.59. The molecular weight excluding hydrogens is 518 g/mol. The van der Waals surface area contributed by atoms with Gasteiger partial charge in [-0.05, 0) is 32.9 Å². The summed E-state index contributed by atoms with van der Waals surface area (Å²) in [6.45, 7) is 8.42. The monoisotopic (exact) mass is 547 g/mol. The summed E-state index contributed by atoms with van der Waals surface area (Å²) in [5, 5.41) is 2.58. The predicted molar refractivity (Wildman–Crippen MR) is 134 cm³/mol. The highest BCUT2D eigenvalue weighted by Gasteiger charge is 2.56. The van der Waals surface area contributed by atoms with Crippen molar-refractivity contribution in [3.05, 3.63) is 46.5 Å². The molecule has 1 aromatic carbocycles. The number of carbonyl (C=O) groups is 1. The van der Waals surface area contributed by atoms with Gasteiger partial charge >= 0.3 is 0 Å². The number of anilines is 1. The van der Waals surface area contributed by atoms with E-state index in [1.165, 1.54) is 23.0 Å². The number of nitrogens with zero attached hydrogens (tertiary/aromatic N) is 3. The molecule has 13 nitrogen and oxygen atoms in total. The first-order chi connectivity index (χ1) is 17.8. The summed E-state index contributed by atoms with van der Waals surface area (Å²) in [4.78, 5) is 35.9. The Labute approximate surface area is 218 Å². The third-order valence-electron chi connectivity index (χ3n) is 6.29. The number of ether oxygens (including phenoxy) is 3. The molecule has 0 spiro atoms. The van der Waals surface area contributed by atoms with Crippen molar-refractivity contribution in [1.29, 1.82) is 0 Å². The number of aromatic nitrogens is 4. The van der Waals surface area contributed by atoms with Crippen molar-refractivity contribution in [3.63, 3.8) is 0 Å². The molecule has 14 heteroatoms. The van der Waals surface area contributed by atoms with Crippen LogP contribution < -0.4 is 10.9 Å². The largest absolute Gasteiger partial charge is 0.347 e. The Hall–Kier alpha value is -3.17. The number of amides is 1. The summed E-state index contributed by atoms with van der Waals surface area (Å²) < 4.78 is 50.7. The summed E-state index contributed by atoms with van der Waals surface area (Å²) in [6.07, 6.45) is -1.68. The number of aryl methyl sites for hydroxylation is 1. The van der Waals surface area contributed by atoms with Gasteiger partial charge in [-0.2, -0.15) is 13.4 Å². The van der Waals surface area contributed by atoms with Gasteiger partial charge in [-0.3, -0.25) is 28.6 Å². The van der Waals surface area contributed by atoms with Crippen LogP contribution in [-0.2, 0) is 33.3 Å². The van der Waals surface area contributed by atoms with E-state index in [1.54, 1.807) is 39.8 Å². The summed E-state index contributed by atoms with van der Waals surface area (Å²) in [6, 6.07) is 6.31. The van der Waals surface area contributed by atoms with E-state index in [1.807, 2.05) is 6.92 Å². The third kappa shape index (κ3) is 4.97. The molecule has 38 heavy (non-hydrogen) atoms. The lowest BCUT2D eigenvalue weighted by molar-refractivity contribution is -0.198. The minimum absolute atomic E-state index is 0.0260. The first-order valence-electron chi connectivity index (χ1n) is 12.1. The Balaban J connectivity index is 1.43. The second-order valence-electron chi connectivity index (χ2n) is 10.1. The van der Waals surface area contributed by atoms with Gasteiger partial charge in [0.15, 0.2) is 23.2 Å². The maximum Gasteiger partial charge on any atom is 0.297 e. The van der Waals surface area contributed by atoms with Gasteiger partial charge in [0.2, 0.25) is 11.9 Å². The number of H-pyrrole nitrogens is 1. The molecule has 0 radical (unpaired) electrons. The highest BCUT2D eigenvalue weighted by Crippen LogP contribution is 2.44. The molecule has 2 aliphatic rings. The number of hydrogen-bond acceptors (Lipinski definition) is 10. The Kier molecular flexibility index (Phi) is 6.64. The highest BCUT2D eigenvalue weighted by molar-refractivity contribution is 7.86. The van der Waals surface area contributed by atoms with Crippen LogP contribution in [0.3, 0.4) is 0 Å². The molecule has 2 aromatic heterocycles. The molecule has 0 bridgehead atoms. The molecule has 4 heterocycles. The fourth-order valence-electron chi connectivity index (χ4n) is 4.38. The quantitative estimate of drug-likeness (QED) is 0.417. The standard InChI is InChI=1S/C24H29N5O8S/c1-12(2)20(30)27-23-26-19-16(21(31)28-23)25-11-29(19)22-18-17(36-24(4,5)37-18)15(35-22)10-34-38(32,33)14-8-6-13(3)7-9-14/h6-9,11-12,15,17-18,22H,10H2,1-5H3,(H2,26,27,28,30,31)/t15-,17?,18+,22-/m1/s1. The summed E-state index contributed by atoms with van der Waals surface area (Å²) in [5.41, 5.74) is 0.556. The van der Waals surface area contributed by atoms with Crippen LogP contribution >= 0.6 is 0 Å². The number of nitrogens with one attached hydrogen (secondary N) is 2. The van der Waals surface area contributed by atoms with E-state index in [9.17, 15) is 18.0 Å². The van der Waals surface area contributed by atoms with Gasteiger partial charge in [-0.15, -0.1) is 0 Å². The zero-order chi connectivity index (χ0) is 27.4. The second kappa shape index (κ2) is 9.54. The number of carbonyl (C=O) groups excluding carboxylic acids is 1. The van der Waals surface area contributed by atoms with Crippen LogP contribution in [0, 0.1) is 12.8 Å². The number of aromatic amines is 1. The van der Waals surface area contributed by atoms with E-state index in [2.05, 4.69) is 20.3 Å². The van der Waals surface area contributed by atoms with E-state index >= 15 is 0 Å². The Morgan fingerprint density at radius 1 is 1.21 bits per heavy atom. The Morgan fingerprint density at radius 2 is 1.89 bits per heavy atom. The van der Waals surface area contributed by atoms with Crippen LogP contribution in [0.15, 0.2) is 40.3 Å². The van der Waals surface area contributed by atoms with Crippen molar-refractivity contribution in [1.82, 2.24) is 19.5 Å². The first-order valence-corrected chi connectivity index (χ1v) is 13.5. The SMILES string of the molecule is Cc1ccc(S(=O)(=O)OC[C@H]2O[C@@H](n3cnc4c(=O)[nH]c(NC(=O)C(C)C)nc43)[C@H]3OC(C)(C)OC23)cc1. The molecule has 2 fully saturated rings. The molecule has 1 amide bonds. The lowest BCUT2D eigenvalue weighted by Crippen LogP contribution is -2.33. The van der Waals surface area contributed by atoms with Crippen molar-refractivity contribution in [2.45, 2.75) is 69.8 Å². The van der Waals surface area contributed by atoms with Crippen molar-refractivity contribution in [2.75, 3.05) is 11.9 Å². The summed E-state index contributed by atoms with van der Waals surface area (Å²) in [5.74, 6) is -1.67. The van der Waals surface area contributed by atoms with Gasteiger partial charge in [-0.1, -0.05) is 31.5 Å². The number of fused-ring (bicyclic) bond motifs is 2. The van der Waals surface area contributed by atoms with Gasteiger partial charge in [-0.25, -0.2) is 4.98 Å². The second-order valence-corrected chi connectivity index (χ2v) is 11.7. The average Bonchev–Trinajstić information content (AvgIpc) is 3.49. The minimum atomic E-state index is -4.05. The summed E-state index contributed by atoms with van der Waals surface area (Å²) in [7, 11) is -4.05. The number of hydrogen-bond donors (Lipinski definition) is 2. The maximum absolute atomic E-state index is 12.8. The zero-order valence-corrected chi connectivity index (χ0v) is 22.3. The molecule has 3 aromatic rings. The van der Waals surface area contributed by atoms with Crippen LogP contribution in [0.25, 0.3) is 11.2 Å². The number of rotatable bonds is 7. The average molecular weight is 548 g/mol. The van der Waals surface area contributed by atoms with Gasteiger partial charge in [0.25, 0.3) is 15.7 Å². The van der Waals surface area contributed by atoms with Gasteiger partial charge in [0, 0.05) is 5.92 Å². The molecule has 2 N–H and O–H groups in total. The molecule has 2 saturated heterocycles. The van der Waals surface area contributed by atoms with E-state index in [0.717, 1.165) is 5.56 Å². The van der Waals surface area contributed by atoms with Gasteiger partial charge in [0.05, 0.1) is 17.8 Å². The lowest BCUT2D eigenvalue weighted by Gasteiger charge is -2.24. The van der Waals surface area contributed by atoms with Crippen molar-refractivity contribution >= 4 is 33.1 Å². The summed E-state index contributed by atoms with van der Waals surface area (Å²) >= 11 is 0. The zero-order valence-electron chi connectivity index (χ0n) is 21.5. The number of benzene rings is 1. The van der Waals surface area contributed by atoms with Gasteiger partial charge in [0.1, 0.15) is 18.3 Å². The fourth-order valence-corrected chi connectivity index (χ4v) is 5.30. The smallest absolute Gasteiger partial charge is 0.297 e. The molecule has 2 aliphatic heterocycles. The van der Waals surface area contributed by atoms with E-state index < -0.39 is 46.0 Å². The minimum Gasteiger partial charge on any atom is -0.347 e. The van der Waals surface area contributed by atoms with E-state index in [4.69, 9.17) is 18.4 Å². The number of imidazole rings is 1. The molecule has 204 valence electrons. The predicted octanol–water partition coefficient (Wildman–Crippen LogP) is 1.85. The molecule has 1 unspecified atom stereocenters. The van der Waals surface area contributed by atoms with Crippen LogP contribution in [0.1, 0.15) is 39.5 Å². The highest BCUT2D eigenvalue weighted by atomic mass is 32.2. The normalized spacial score (nSPS) is 24.7. The molecule has 4 atom stereocenters. The molecular formula is C24H29N5O8S. The van der Waals surface area contributed by atoms with Gasteiger partial charge < -0.3 is 14.2 Å². The Morgan fingerprint density at radius 3 is 2.58 bits per heavy atom.